The Balaban J connectivity index is 1.61. The van der Waals surface area contributed by atoms with E-state index in [0.717, 1.165) is 23.3 Å². The van der Waals surface area contributed by atoms with E-state index < -0.39 is 21.7 Å². The van der Waals surface area contributed by atoms with E-state index in [4.69, 9.17) is 0 Å². The van der Waals surface area contributed by atoms with E-state index in [-0.39, 0.29) is 11.4 Å². The number of halogens is 2. The summed E-state index contributed by atoms with van der Waals surface area (Å²) >= 11 is 0. The lowest BCUT2D eigenvalue weighted by atomic mass is 10.2. The van der Waals surface area contributed by atoms with Gasteiger partial charge >= 0.3 is 0 Å². The highest BCUT2D eigenvalue weighted by atomic mass is 32.2. The van der Waals surface area contributed by atoms with Gasteiger partial charge in [0.05, 0.1) is 4.90 Å². The maximum absolute atomic E-state index is 13.2. The van der Waals surface area contributed by atoms with Gasteiger partial charge in [0.1, 0.15) is 0 Å². The lowest BCUT2D eigenvalue weighted by Gasteiger charge is -2.07. The van der Waals surface area contributed by atoms with Crippen LogP contribution >= 0.6 is 0 Å². The Bertz CT molecular complexity index is 995. The van der Waals surface area contributed by atoms with Crippen LogP contribution in [0.2, 0.25) is 0 Å². The summed E-state index contributed by atoms with van der Waals surface area (Å²) in [6.07, 6.45) is 3.61. The van der Waals surface area contributed by atoms with Gasteiger partial charge in [-0.3, -0.25) is 0 Å². The van der Waals surface area contributed by atoms with Crippen molar-refractivity contribution in [3.05, 3.63) is 78.1 Å². The van der Waals surface area contributed by atoms with Crippen LogP contribution in [0.4, 0.5) is 8.78 Å². The zero-order chi connectivity index (χ0) is 18.6. The minimum Gasteiger partial charge on any atom is -0.236 e. The van der Waals surface area contributed by atoms with E-state index in [0.29, 0.717) is 18.3 Å². The largest absolute Gasteiger partial charge is 0.240 e. The van der Waals surface area contributed by atoms with Gasteiger partial charge in [-0.2, -0.15) is 0 Å². The predicted octanol–water partition coefficient (Wildman–Crippen LogP) is 2.94. The van der Waals surface area contributed by atoms with Gasteiger partial charge in [-0.15, -0.1) is 0 Å². The molecular formula is C18H15F2N3O2S. The number of hydrogen-bond donors (Lipinski definition) is 1. The lowest BCUT2D eigenvalue weighted by Crippen LogP contribution is -2.26. The Morgan fingerprint density at radius 2 is 1.62 bits per heavy atom. The molecule has 2 aromatic carbocycles. The molecule has 1 aromatic heterocycles. The Labute approximate surface area is 149 Å². The second kappa shape index (κ2) is 7.67. The second-order valence-corrected chi connectivity index (χ2v) is 7.27. The maximum Gasteiger partial charge on any atom is 0.240 e. The van der Waals surface area contributed by atoms with Gasteiger partial charge in [0.2, 0.25) is 10.0 Å². The van der Waals surface area contributed by atoms with Crippen LogP contribution in [0.5, 0.6) is 0 Å². The van der Waals surface area contributed by atoms with Crippen molar-refractivity contribution in [1.29, 1.82) is 0 Å². The summed E-state index contributed by atoms with van der Waals surface area (Å²) in [5, 5.41) is 0. The van der Waals surface area contributed by atoms with Crippen molar-refractivity contribution in [2.75, 3.05) is 6.54 Å². The Morgan fingerprint density at radius 1 is 0.923 bits per heavy atom. The molecule has 8 heteroatoms. The fourth-order valence-corrected chi connectivity index (χ4v) is 3.32. The van der Waals surface area contributed by atoms with E-state index in [1.54, 1.807) is 12.4 Å². The molecule has 5 nitrogen and oxygen atoms in total. The smallest absolute Gasteiger partial charge is 0.236 e. The summed E-state index contributed by atoms with van der Waals surface area (Å²) < 4.78 is 52.6. The quantitative estimate of drug-likeness (QED) is 0.719. The van der Waals surface area contributed by atoms with Crippen LogP contribution in [0.25, 0.3) is 11.4 Å². The first-order valence-corrected chi connectivity index (χ1v) is 9.25. The van der Waals surface area contributed by atoms with Crippen LogP contribution in [0.3, 0.4) is 0 Å². The number of nitrogens with zero attached hydrogens (tertiary/aromatic N) is 2. The molecule has 26 heavy (non-hydrogen) atoms. The van der Waals surface area contributed by atoms with Crippen LogP contribution in [-0.4, -0.2) is 24.9 Å². The van der Waals surface area contributed by atoms with Crippen molar-refractivity contribution >= 4 is 10.0 Å². The second-order valence-electron chi connectivity index (χ2n) is 5.50. The molecule has 0 unspecified atom stereocenters. The first-order valence-electron chi connectivity index (χ1n) is 7.77. The topological polar surface area (TPSA) is 72.0 Å². The van der Waals surface area contributed by atoms with Gasteiger partial charge < -0.3 is 0 Å². The summed E-state index contributed by atoms with van der Waals surface area (Å²) in [6.45, 7) is 0.0787. The maximum atomic E-state index is 13.2. The number of sulfonamides is 1. The van der Waals surface area contributed by atoms with Gasteiger partial charge in [0, 0.05) is 24.5 Å². The third-order valence-electron chi connectivity index (χ3n) is 3.64. The average molecular weight is 375 g/mol. The Kier molecular flexibility index (Phi) is 5.34. The van der Waals surface area contributed by atoms with Crippen LogP contribution in [0.15, 0.2) is 65.8 Å². The summed E-state index contributed by atoms with van der Waals surface area (Å²) in [5.74, 6) is -1.73. The number of benzene rings is 2. The van der Waals surface area contributed by atoms with E-state index >= 15 is 0 Å². The minimum atomic E-state index is -3.92. The van der Waals surface area contributed by atoms with E-state index in [9.17, 15) is 17.2 Å². The van der Waals surface area contributed by atoms with Crippen molar-refractivity contribution < 1.29 is 17.2 Å². The standard InChI is InChI=1S/C18H15F2N3O2S/c19-16-7-6-15(10-17(16)20)26(24,25)23-9-8-13-11-21-18(22-12-13)14-4-2-1-3-5-14/h1-7,10-12,23H,8-9H2. The zero-order valence-electron chi connectivity index (χ0n) is 13.6. The first-order chi connectivity index (χ1) is 12.5. The molecule has 0 atom stereocenters. The molecule has 0 saturated heterocycles. The van der Waals surface area contributed by atoms with Crippen LogP contribution in [-0.2, 0) is 16.4 Å². The molecule has 1 N–H and O–H groups in total. The molecule has 0 aliphatic carbocycles. The summed E-state index contributed by atoms with van der Waals surface area (Å²) in [4.78, 5) is 8.20. The zero-order valence-corrected chi connectivity index (χ0v) is 14.4. The third-order valence-corrected chi connectivity index (χ3v) is 5.10. The van der Waals surface area contributed by atoms with Gasteiger partial charge in [-0.25, -0.2) is 31.9 Å². The number of aromatic nitrogens is 2. The van der Waals surface area contributed by atoms with Crippen molar-refractivity contribution in [1.82, 2.24) is 14.7 Å². The lowest BCUT2D eigenvalue weighted by molar-refractivity contribution is 0.504. The number of rotatable bonds is 6. The van der Waals surface area contributed by atoms with Crippen LogP contribution < -0.4 is 4.72 Å². The molecule has 0 spiro atoms. The molecule has 0 bridgehead atoms. The Morgan fingerprint density at radius 3 is 2.27 bits per heavy atom. The van der Waals surface area contributed by atoms with Crippen molar-refractivity contribution in [3.8, 4) is 11.4 Å². The SMILES string of the molecule is O=S(=O)(NCCc1cnc(-c2ccccc2)nc1)c1ccc(F)c(F)c1. The minimum absolute atomic E-state index is 0.0787. The summed E-state index contributed by atoms with van der Waals surface area (Å²) in [7, 11) is -3.92. The molecule has 134 valence electrons. The van der Waals surface area contributed by atoms with Crippen LogP contribution in [0, 0.1) is 11.6 Å². The van der Waals surface area contributed by atoms with Crippen molar-refractivity contribution in [2.45, 2.75) is 11.3 Å². The highest BCUT2D eigenvalue weighted by Crippen LogP contribution is 2.15. The van der Waals surface area contributed by atoms with E-state index in [1.807, 2.05) is 30.3 Å². The predicted molar refractivity (Wildman–Crippen MR) is 92.7 cm³/mol. The van der Waals surface area contributed by atoms with Crippen molar-refractivity contribution in [3.63, 3.8) is 0 Å². The van der Waals surface area contributed by atoms with Gasteiger partial charge in [-0.05, 0) is 30.2 Å². The average Bonchev–Trinajstić information content (AvgIpc) is 2.65. The molecule has 0 aliphatic heterocycles. The fraction of sp³-hybridized carbons (Fsp3) is 0.111. The monoisotopic (exact) mass is 375 g/mol. The highest BCUT2D eigenvalue weighted by Gasteiger charge is 2.16. The summed E-state index contributed by atoms with van der Waals surface area (Å²) in [6, 6.07) is 11.9. The van der Waals surface area contributed by atoms with Gasteiger partial charge in [0.15, 0.2) is 17.5 Å². The molecule has 1 heterocycles. The van der Waals surface area contributed by atoms with Gasteiger partial charge in [-0.1, -0.05) is 30.3 Å². The molecule has 3 aromatic rings. The number of hydrogen-bond acceptors (Lipinski definition) is 4. The summed E-state index contributed by atoms with van der Waals surface area (Å²) in [5.41, 5.74) is 1.63. The fourth-order valence-electron chi connectivity index (χ4n) is 2.28. The molecule has 0 fully saturated rings. The molecule has 0 aliphatic rings. The molecule has 0 amide bonds. The number of nitrogens with one attached hydrogen (secondary N) is 1. The van der Waals surface area contributed by atoms with Gasteiger partial charge in [0.25, 0.3) is 0 Å². The van der Waals surface area contributed by atoms with E-state index in [2.05, 4.69) is 14.7 Å². The molecule has 0 saturated carbocycles. The Hall–Kier alpha value is -2.71. The highest BCUT2D eigenvalue weighted by molar-refractivity contribution is 7.89. The van der Waals surface area contributed by atoms with E-state index in [1.165, 1.54) is 0 Å². The normalized spacial score (nSPS) is 11.5. The molecule has 0 radical (unpaired) electrons. The van der Waals surface area contributed by atoms with Crippen molar-refractivity contribution in [2.24, 2.45) is 0 Å². The molecule has 3 rings (SSSR count). The first kappa shape index (κ1) is 18.1. The third kappa shape index (κ3) is 4.27. The van der Waals surface area contributed by atoms with Crippen LogP contribution in [0.1, 0.15) is 5.56 Å². The molecular weight excluding hydrogens is 360 g/mol.